The number of para-hydroxylation sites is 1. The number of pyridine rings is 2. The maximum Gasteiger partial charge on any atom is 0.182 e. The average molecular weight is 195 g/mol. The number of rotatable bonds is 0. The lowest BCUT2D eigenvalue weighted by Gasteiger charge is -2.05. The van der Waals surface area contributed by atoms with Crippen molar-refractivity contribution in [2.24, 2.45) is 0 Å². The minimum atomic E-state index is 0.0466. The van der Waals surface area contributed by atoms with E-state index in [1.807, 2.05) is 40.9 Å². The van der Waals surface area contributed by atoms with E-state index in [0.29, 0.717) is 0 Å². The Morgan fingerprint density at radius 2 is 1.80 bits per heavy atom. The number of benzene rings is 1. The van der Waals surface area contributed by atoms with Gasteiger partial charge >= 0.3 is 0 Å². The SMILES string of the molecule is O=c1ccn2c(ccc3ccccc32)c1. The molecule has 0 atom stereocenters. The van der Waals surface area contributed by atoms with Crippen molar-refractivity contribution >= 4 is 16.4 Å². The summed E-state index contributed by atoms with van der Waals surface area (Å²) in [4.78, 5) is 11.2. The second-order valence-electron chi connectivity index (χ2n) is 3.55. The first-order chi connectivity index (χ1) is 7.34. The summed E-state index contributed by atoms with van der Waals surface area (Å²) in [7, 11) is 0. The van der Waals surface area contributed by atoms with E-state index in [2.05, 4.69) is 6.07 Å². The summed E-state index contributed by atoms with van der Waals surface area (Å²) in [5, 5.41) is 1.17. The molecule has 0 aliphatic heterocycles. The first-order valence-corrected chi connectivity index (χ1v) is 4.85. The van der Waals surface area contributed by atoms with Gasteiger partial charge in [0.15, 0.2) is 5.43 Å². The molecular formula is C13H9NO. The van der Waals surface area contributed by atoms with Crippen molar-refractivity contribution in [2.75, 3.05) is 0 Å². The van der Waals surface area contributed by atoms with Crippen molar-refractivity contribution in [2.45, 2.75) is 0 Å². The third-order valence-electron chi connectivity index (χ3n) is 2.59. The molecule has 0 bridgehead atoms. The molecule has 3 aromatic rings. The van der Waals surface area contributed by atoms with Gasteiger partial charge in [-0.2, -0.15) is 0 Å². The van der Waals surface area contributed by atoms with Crippen molar-refractivity contribution < 1.29 is 0 Å². The number of fused-ring (bicyclic) bond motifs is 3. The summed E-state index contributed by atoms with van der Waals surface area (Å²) in [6.45, 7) is 0. The quantitative estimate of drug-likeness (QED) is 0.505. The van der Waals surface area contributed by atoms with E-state index in [1.165, 1.54) is 5.39 Å². The van der Waals surface area contributed by atoms with Gasteiger partial charge in [-0.1, -0.05) is 24.3 Å². The lowest BCUT2D eigenvalue weighted by molar-refractivity contribution is 1.22. The summed E-state index contributed by atoms with van der Waals surface area (Å²) in [6, 6.07) is 15.3. The molecule has 2 nitrogen and oxygen atoms in total. The lowest BCUT2D eigenvalue weighted by atomic mass is 10.2. The van der Waals surface area contributed by atoms with E-state index >= 15 is 0 Å². The highest BCUT2D eigenvalue weighted by Gasteiger charge is 1.97. The van der Waals surface area contributed by atoms with E-state index in [4.69, 9.17) is 0 Å². The molecule has 3 rings (SSSR count). The van der Waals surface area contributed by atoms with Crippen LogP contribution in [0.2, 0.25) is 0 Å². The zero-order valence-corrected chi connectivity index (χ0v) is 8.05. The summed E-state index contributed by atoms with van der Waals surface area (Å²) >= 11 is 0. The minimum Gasteiger partial charge on any atom is -0.316 e. The van der Waals surface area contributed by atoms with E-state index in [0.717, 1.165) is 11.0 Å². The first kappa shape index (κ1) is 8.24. The van der Waals surface area contributed by atoms with Crippen molar-refractivity contribution in [1.82, 2.24) is 4.40 Å². The molecule has 1 aromatic carbocycles. The Morgan fingerprint density at radius 3 is 2.73 bits per heavy atom. The van der Waals surface area contributed by atoms with Crippen LogP contribution in [0.15, 0.2) is 59.5 Å². The zero-order valence-electron chi connectivity index (χ0n) is 8.05. The van der Waals surface area contributed by atoms with Gasteiger partial charge in [0.1, 0.15) is 0 Å². The molecule has 0 saturated carbocycles. The van der Waals surface area contributed by atoms with Gasteiger partial charge in [-0.15, -0.1) is 0 Å². The Morgan fingerprint density at radius 1 is 0.933 bits per heavy atom. The fraction of sp³-hybridized carbons (Fsp3) is 0. The normalized spacial score (nSPS) is 10.9. The third kappa shape index (κ3) is 1.22. The molecule has 2 heteroatoms. The smallest absolute Gasteiger partial charge is 0.182 e. The Hall–Kier alpha value is -2.09. The van der Waals surface area contributed by atoms with Gasteiger partial charge in [0.25, 0.3) is 0 Å². The average Bonchev–Trinajstić information content (AvgIpc) is 2.28. The predicted molar refractivity (Wildman–Crippen MR) is 61.2 cm³/mol. The van der Waals surface area contributed by atoms with E-state index in [1.54, 1.807) is 12.1 Å². The van der Waals surface area contributed by atoms with E-state index < -0.39 is 0 Å². The van der Waals surface area contributed by atoms with Crippen LogP contribution in [0.1, 0.15) is 0 Å². The molecule has 2 aromatic heterocycles. The van der Waals surface area contributed by atoms with Crippen molar-refractivity contribution in [1.29, 1.82) is 0 Å². The highest BCUT2D eigenvalue weighted by Crippen LogP contribution is 2.15. The molecule has 72 valence electrons. The second kappa shape index (κ2) is 2.95. The van der Waals surface area contributed by atoms with Gasteiger partial charge in [-0.05, 0) is 17.5 Å². The summed E-state index contributed by atoms with van der Waals surface area (Å²) < 4.78 is 2.02. The Labute approximate surface area is 86.4 Å². The molecule has 0 aliphatic carbocycles. The molecule has 0 aliphatic rings. The Kier molecular flexibility index (Phi) is 1.62. The van der Waals surface area contributed by atoms with Gasteiger partial charge in [-0.3, -0.25) is 4.79 Å². The van der Waals surface area contributed by atoms with E-state index in [-0.39, 0.29) is 5.43 Å². The maximum absolute atomic E-state index is 11.2. The van der Waals surface area contributed by atoms with Gasteiger partial charge < -0.3 is 4.40 Å². The van der Waals surface area contributed by atoms with E-state index in [9.17, 15) is 4.79 Å². The van der Waals surface area contributed by atoms with Crippen LogP contribution >= 0.6 is 0 Å². The first-order valence-electron chi connectivity index (χ1n) is 4.85. The Bertz CT molecular complexity index is 697. The van der Waals surface area contributed by atoms with Crippen LogP contribution in [0.4, 0.5) is 0 Å². The van der Waals surface area contributed by atoms with Crippen LogP contribution < -0.4 is 5.43 Å². The molecule has 0 N–H and O–H groups in total. The third-order valence-corrected chi connectivity index (χ3v) is 2.59. The standard InChI is InChI=1S/C13H9NO/c15-12-7-8-14-11(9-12)6-5-10-3-1-2-4-13(10)14/h1-9H. The molecule has 0 unspecified atom stereocenters. The monoisotopic (exact) mass is 195 g/mol. The summed E-state index contributed by atoms with van der Waals surface area (Å²) in [5.41, 5.74) is 2.10. The molecular weight excluding hydrogens is 186 g/mol. The molecule has 0 fully saturated rings. The maximum atomic E-state index is 11.2. The van der Waals surface area contributed by atoms with Crippen LogP contribution in [-0.2, 0) is 0 Å². The highest BCUT2D eigenvalue weighted by atomic mass is 16.1. The summed E-state index contributed by atoms with van der Waals surface area (Å²) in [6.07, 6.45) is 1.82. The molecule has 2 heterocycles. The van der Waals surface area contributed by atoms with Gasteiger partial charge in [0.05, 0.1) is 5.52 Å². The van der Waals surface area contributed by atoms with Gasteiger partial charge in [-0.25, -0.2) is 0 Å². The van der Waals surface area contributed by atoms with Crippen LogP contribution in [-0.4, -0.2) is 4.40 Å². The van der Waals surface area contributed by atoms with Gasteiger partial charge in [0, 0.05) is 23.8 Å². The fourth-order valence-corrected chi connectivity index (χ4v) is 1.87. The van der Waals surface area contributed by atoms with Crippen LogP contribution in [0.3, 0.4) is 0 Å². The number of nitrogens with zero attached hydrogens (tertiary/aromatic N) is 1. The summed E-state index contributed by atoms with van der Waals surface area (Å²) in [5.74, 6) is 0. The van der Waals surface area contributed by atoms with Crippen LogP contribution in [0.5, 0.6) is 0 Å². The van der Waals surface area contributed by atoms with Crippen LogP contribution in [0, 0.1) is 0 Å². The second-order valence-corrected chi connectivity index (χ2v) is 3.55. The van der Waals surface area contributed by atoms with Crippen molar-refractivity contribution in [3.63, 3.8) is 0 Å². The molecule has 0 spiro atoms. The largest absolute Gasteiger partial charge is 0.316 e. The molecule has 0 amide bonds. The number of hydrogen-bond donors (Lipinski definition) is 0. The number of hydrogen-bond acceptors (Lipinski definition) is 1. The molecule has 15 heavy (non-hydrogen) atoms. The highest BCUT2D eigenvalue weighted by molar-refractivity contribution is 5.82. The van der Waals surface area contributed by atoms with Crippen LogP contribution in [0.25, 0.3) is 16.4 Å². The van der Waals surface area contributed by atoms with Crippen molar-refractivity contribution in [3.05, 3.63) is 65.0 Å². The topological polar surface area (TPSA) is 21.5 Å². The predicted octanol–water partition coefficient (Wildman–Crippen LogP) is 2.45. The van der Waals surface area contributed by atoms with Crippen molar-refractivity contribution in [3.8, 4) is 0 Å². The molecule has 0 radical (unpaired) electrons. The molecule has 0 saturated heterocycles. The van der Waals surface area contributed by atoms with Gasteiger partial charge in [0.2, 0.25) is 0 Å². The number of aromatic nitrogens is 1. The Balaban J connectivity index is 2.60. The minimum absolute atomic E-state index is 0.0466. The zero-order chi connectivity index (χ0) is 10.3. The lowest BCUT2D eigenvalue weighted by Crippen LogP contribution is -2.00. The fourth-order valence-electron chi connectivity index (χ4n) is 1.87.